The molecule has 0 saturated carbocycles. The van der Waals surface area contributed by atoms with Gasteiger partial charge in [0.25, 0.3) is 0 Å². The van der Waals surface area contributed by atoms with Crippen LogP contribution in [0.1, 0.15) is 97.3 Å². The molecule has 2 atom stereocenters. The summed E-state index contributed by atoms with van der Waals surface area (Å²) in [5.41, 5.74) is 0. The van der Waals surface area contributed by atoms with Crippen LogP contribution in [-0.4, -0.2) is 12.2 Å². The van der Waals surface area contributed by atoms with Crippen molar-refractivity contribution in [2.24, 2.45) is 0 Å². The van der Waals surface area contributed by atoms with E-state index in [0.717, 1.165) is 6.42 Å². The van der Waals surface area contributed by atoms with Crippen molar-refractivity contribution in [1.29, 1.82) is 0 Å². The van der Waals surface area contributed by atoms with E-state index >= 15 is 0 Å². The smallest absolute Gasteiger partial charge is 0.0876 e. The van der Waals surface area contributed by atoms with E-state index < -0.39 is 0 Å². The van der Waals surface area contributed by atoms with Crippen LogP contribution in [0.2, 0.25) is 0 Å². The van der Waals surface area contributed by atoms with Crippen LogP contribution in [0.25, 0.3) is 0 Å². The van der Waals surface area contributed by atoms with Crippen LogP contribution < -0.4 is 0 Å². The number of hydrogen-bond acceptors (Lipinski definition) is 1. The molecule has 118 valence electrons. The van der Waals surface area contributed by atoms with Crippen molar-refractivity contribution >= 4 is 0 Å². The molecule has 0 bridgehead atoms. The second kappa shape index (κ2) is 12.4. The highest BCUT2D eigenvalue weighted by Crippen LogP contribution is 2.30. The third kappa shape index (κ3) is 9.58. The van der Waals surface area contributed by atoms with Crippen molar-refractivity contribution in [1.82, 2.24) is 0 Å². The van der Waals surface area contributed by atoms with Gasteiger partial charge in [0.05, 0.1) is 12.2 Å². The molecule has 1 fully saturated rings. The Kier molecular flexibility index (Phi) is 11.0. The molecule has 1 aliphatic rings. The average molecular weight is 280 g/mol. The summed E-state index contributed by atoms with van der Waals surface area (Å²) in [6.45, 7) is 4.54. The zero-order valence-corrected chi connectivity index (χ0v) is 13.9. The largest absolute Gasteiger partial charge is 0.369 e. The fourth-order valence-corrected chi connectivity index (χ4v) is 2.80. The minimum atomic E-state index is 0.553. The Morgan fingerprint density at radius 3 is 2.10 bits per heavy atom. The maximum absolute atomic E-state index is 5.69. The van der Waals surface area contributed by atoms with Crippen molar-refractivity contribution in [2.75, 3.05) is 0 Å². The average Bonchev–Trinajstić information content (AvgIpc) is 3.20. The molecule has 1 rings (SSSR count). The molecule has 0 aromatic rings. The van der Waals surface area contributed by atoms with E-state index in [2.05, 4.69) is 26.0 Å². The van der Waals surface area contributed by atoms with Crippen LogP contribution in [0, 0.1) is 0 Å². The number of epoxide rings is 1. The Bertz CT molecular complexity index is 234. The van der Waals surface area contributed by atoms with Gasteiger partial charge in [-0.3, -0.25) is 0 Å². The summed E-state index contributed by atoms with van der Waals surface area (Å²) in [5, 5.41) is 0. The molecule has 1 heterocycles. The summed E-state index contributed by atoms with van der Waals surface area (Å²) < 4.78 is 5.69. The lowest BCUT2D eigenvalue weighted by Gasteiger charge is -1.98. The van der Waals surface area contributed by atoms with Gasteiger partial charge in [0.1, 0.15) is 0 Å². The monoisotopic (exact) mass is 280 g/mol. The first-order chi connectivity index (χ1) is 9.88. The Labute approximate surface area is 127 Å². The molecule has 0 spiro atoms. The van der Waals surface area contributed by atoms with Crippen molar-refractivity contribution in [3.05, 3.63) is 12.2 Å². The quantitative estimate of drug-likeness (QED) is 0.203. The fourth-order valence-electron chi connectivity index (χ4n) is 2.80. The van der Waals surface area contributed by atoms with Crippen LogP contribution in [0.4, 0.5) is 0 Å². The Hall–Kier alpha value is -0.300. The highest BCUT2D eigenvalue weighted by atomic mass is 16.6. The van der Waals surface area contributed by atoms with Crippen molar-refractivity contribution in [3.63, 3.8) is 0 Å². The summed E-state index contributed by atoms with van der Waals surface area (Å²) in [6, 6.07) is 0. The van der Waals surface area contributed by atoms with Gasteiger partial charge in [0.15, 0.2) is 0 Å². The number of allylic oxidation sites excluding steroid dienone is 1. The van der Waals surface area contributed by atoms with Gasteiger partial charge in [-0.2, -0.15) is 0 Å². The molecule has 0 aromatic heterocycles. The van der Waals surface area contributed by atoms with E-state index in [0.29, 0.717) is 12.2 Å². The van der Waals surface area contributed by atoms with E-state index in [4.69, 9.17) is 4.74 Å². The number of rotatable bonds is 14. The lowest BCUT2D eigenvalue weighted by Crippen LogP contribution is -1.92. The molecule has 1 saturated heterocycles. The number of unbranched alkanes of at least 4 members (excludes halogenated alkanes) is 9. The van der Waals surface area contributed by atoms with Crippen molar-refractivity contribution in [2.45, 2.75) is 110 Å². The van der Waals surface area contributed by atoms with Crippen LogP contribution in [0.3, 0.4) is 0 Å². The fraction of sp³-hybridized carbons (Fsp3) is 0.895. The van der Waals surface area contributed by atoms with Gasteiger partial charge in [0, 0.05) is 0 Å². The predicted molar refractivity (Wildman–Crippen MR) is 89.2 cm³/mol. The first-order valence-electron chi connectivity index (χ1n) is 9.19. The third-order valence-corrected chi connectivity index (χ3v) is 4.29. The molecule has 0 amide bonds. The van der Waals surface area contributed by atoms with Crippen molar-refractivity contribution in [3.8, 4) is 0 Å². The predicted octanol–water partition coefficient (Wildman–Crippen LogP) is 6.42. The Balaban J connectivity index is 1.79. The Morgan fingerprint density at radius 2 is 1.35 bits per heavy atom. The molecule has 0 aliphatic carbocycles. The molecule has 1 heteroatoms. The molecule has 1 aliphatic heterocycles. The molecule has 1 nitrogen and oxygen atoms in total. The van der Waals surface area contributed by atoms with Gasteiger partial charge in [-0.15, -0.1) is 0 Å². The molecule has 2 unspecified atom stereocenters. The highest BCUT2D eigenvalue weighted by molar-refractivity contribution is 4.93. The Morgan fingerprint density at radius 1 is 0.700 bits per heavy atom. The SMILES string of the molecule is CCCCCCCCCC=CCC1OC1CCCCC. The lowest BCUT2D eigenvalue weighted by molar-refractivity contribution is 0.359. The zero-order chi connectivity index (χ0) is 14.5. The van der Waals surface area contributed by atoms with Gasteiger partial charge in [-0.25, -0.2) is 0 Å². The summed E-state index contributed by atoms with van der Waals surface area (Å²) in [7, 11) is 0. The van der Waals surface area contributed by atoms with E-state index in [1.165, 1.54) is 77.0 Å². The summed E-state index contributed by atoms with van der Waals surface area (Å²) in [6.07, 6.45) is 23.4. The minimum absolute atomic E-state index is 0.553. The van der Waals surface area contributed by atoms with Crippen LogP contribution in [0.5, 0.6) is 0 Å². The molecular formula is C19H36O. The second-order valence-corrected chi connectivity index (χ2v) is 6.33. The van der Waals surface area contributed by atoms with Gasteiger partial charge in [-0.1, -0.05) is 83.8 Å². The first kappa shape index (κ1) is 17.8. The van der Waals surface area contributed by atoms with Crippen LogP contribution in [-0.2, 0) is 4.74 Å². The van der Waals surface area contributed by atoms with Gasteiger partial charge in [0.2, 0.25) is 0 Å². The minimum Gasteiger partial charge on any atom is -0.369 e. The third-order valence-electron chi connectivity index (χ3n) is 4.29. The summed E-state index contributed by atoms with van der Waals surface area (Å²) >= 11 is 0. The molecule has 0 aromatic carbocycles. The zero-order valence-electron chi connectivity index (χ0n) is 13.9. The maximum Gasteiger partial charge on any atom is 0.0876 e. The maximum atomic E-state index is 5.69. The molecule has 20 heavy (non-hydrogen) atoms. The summed E-state index contributed by atoms with van der Waals surface area (Å²) in [5.74, 6) is 0. The molecular weight excluding hydrogens is 244 g/mol. The van der Waals surface area contributed by atoms with Gasteiger partial charge < -0.3 is 4.74 Å². The van der Waals surface area contributed by atoms with E-state index in [1.54, 1.807) is 0 Å². The van der Waals surface area contributed by atoms with Gasteiger partial charge in [-0.05, 0) is 25.7 Å². The van der Waals surface area contributed by atoms with E-state index in [-0.39, 0.29) is 0 Å². The van der Waals surface area contributed by atoms with Crippen molar-refractivity contribution < 1.29 is 4.74 Å². The number of ether oxygens (including phenoxy) is 1. The molecule has 0 N–H and O–H groups in total. The second-order valence-electron chi connectivity index (χ2n) is 6.33. The lowest BCUT2D eigenvalue weighted by atomic mass is 10.1. The number of hydrogen-bond donors (Lipinski definition) is 0. The van der Waals surface area contributed by atoms with E-state index in [1.807, 2.05) is 0 Å². The normalized spacial score (nSPS) is 21.7. The van der Waals surface area contributed by atoms with E-state index in [9.17, 15) is 0 Å². The van der Waals surface area contributed by atoms with Crippen LogP contribution >= 0.6 is 0 Å². The first-order valence-corrected chi connectivity index (χ1v) is 9.19. The summed E-state index contributed by atoms with van der Waals surface area (Å²) in [4.78, 5) is 0. The molecule has 0 radical (unpaired) electrons. The highest BCUT2D eigenvalue weighted by Gasteiger charge is 2.36. The standard InChI is InChI=1S/C19H36O/c1-3-5-7-8-9-10-11-12-13-15-17-19-18(20-19)16-14-6-4-2/h13,15,18-19H,3-12,14,16-17H2,1-2H3. The topological polar surface area (TPSA) is 12.5 Å². The van der Waals surface area contributed by atoms with Crippen LogP contribution in [0.15, 0.2) is 12.2 Å². The van der Waals surface area contributed by atoms with Gasteiger partial charge >= 0.3 is 0 Å².